The summed E-state index contributed by atoms with van der Waals surface area (Å²) in [6.07, 6.45) is 2.05. The van der Waals surface area contributed by atoms with Gasteiger partial charge < -0.3 is 4.42 Å². The van der Waals surface area contributed by atoms with E-state index < -0.39 is 0 Å². The zero-order valence-corrected chi connectivity index (χ0v) is 15.1. The molecular weight excluding hydrogens is 320 g/mol. The van der Waals surface area contributed by atoms with E-state index in [2.05, 4.69) is 60.0 Å². The van der Waals surface area contributed by atoms with Crippen LogP contribution in [0.3, 0.4) is 0 Å². The van der Waals surface area contributed by atoms with Gasteiger partial charge in [0.1, 0.15) is 11.1 Å². The monoisotopic (exact) mass is 339 g/mol. The van der Waals surface area contributed by atoms with E-state index in [-0.39, 0.29) is 0 Å². The quantitative estimate of drug-likeness (QED) is 0.391. The third-order valence-electron chi connectivity index (χ3n) is 5.12. The van der Waals surface area contributed by atoms with Gasteiger partial charge in [-0.1, -0.05) is 42.5 Å². The standard InChI is InChI=1S/C23H19N2O/c1-14-8-10-19-18-11-9-16-6-4-5-7-17(16)21(18)26-22(19)20(14)23-24-15(2)12-13-25(23)3/h4-13H,1-3H3/q+1. The molecule has 2 heterocycles. The molecule has 5 aromatic rings. The summed E-state index contributed by atoms with van der Waals surface area (Å²) in [5.41, 5.74) is 5.07. The molecule has 3 aromatic carbocycles. The van der Waals surface area contributed by atoms with Gasteiger partial charge in [-0.3, -0.25) is 0 Å². The molecule has 0 aliphatic carbocycles. The first-order valence-electron chi connectivity index (χ1n) is 8.81. The highest BCUT2D eigenvalue weighted by Crippen LogP contribution is 2.38. The number of benzene rings is 3. The SMILES string of the molecule is Cc1cc[n+](C)c(-c2c(C)ccc3c2oc2c4ccccc4ccc32)n1. The Balaban J connectivity index is 1.96. The fourth-order valence-electron chi connectivity index (χ4n) is 3.75. The maximum Gasteiger partial charge on any atom is 0.334 e. The van der Waals surface area contributed by atoms with Crippen molar-refractivity contribution in [3.63, 3.8) is 0 Å². The van der Waals surface area contributed by atoms with E-state index in [1.165, 1.54) is 5.39 Å². The van der Waals surface area contributed by atoms with E-state index in [1.54, 1.807) is 0 Å². The Morgan fingerprint density at radius 2 is 1.58 bits per heavy atom. The van der Waals surface area contributed by atoms with Gasteiger partial charge in [-0.05, 0) is 28.9 Å². The van der Waals surface area contributed by atoms with Crippen LogP contribution in [0.25, 0.3) is 44.1 Å². The largest absolute Gasteiger partial charge is 0.454 e. The van der Waals surface area contributed by atoms with Crippen LogP contribution in [0.5, 0.6) is 0 Å². The Bertz CT molecular complexity index is 1310. The number of fused-ring (bicyclic) bond motifs is 5. The predicted molar refractivity (Wildman–Crippen MR) is 105 cm³/mol. The number of hydrogen-bond donors (Lipinski definition) is 0. The van der Waals surface area contributed by atoms with Gasteiger partial charge in [0.25, 0.3) is 0 Å². The van der Waals surface area contributed by atoms with Gasteiger partial charge in [0, 0.05) is 29.1 Å². The molecule has 0 unspecified atom stereocenters. The summed E-state index contributed by atoms with van der Waals surface area (Å²) in [4.78, 5) is 4.79. The van der Waals surface area contributed by atoms with Crippen LogP contribution in [0.15, 0.2) is 65.2 Å². The maximum absolute atomic E-state index is 6.47. The Morgan fingerprint density at radius 1 is 0.808 bits per heavy atom. The van der Waals surface area contributed by atoms with Gasteiger partial charge >= 0.3 is 5.82 Å². The van der Waals surface area contributed by atoms with Crippen molar-refractivity contribution in [2.75, 3.05) is 0 Å². The minimum Gasteiger partial charge on any atom is -0.454 e. The molecule has 126 valence electrons. The van der Waals surface area contributed by atoms with E-state index in [9.17, 15) is 0 Å². The molecule has 5 rings (SSSR count). The molecule has 3 nitrogen and oxygen atoms in total. The second-order valence-corrected chi connectivity index (χ2v) is 6.90. The maximum atomic E-state index is 6.47. The van der Waals surface area contributed by atoms with Crippen molar-refractivity contribution in [3.05, 3.63) is 72.1 Å². The summed E-state index contributed by atoms with van der Waals surface area (Å²) in [6, 6.07) is 19.0. The first-order valence-corrected chi connectivity index (χ1v) is 8.81. The van der Waals surface area contributed by atoms with Gasteiger partial charge in [-0.15, -0.1) is 0 Å². The molecule has 2 aromatic heterocycles. The predicted octanol–water partition coefficient (Wildman–Crippen LogP) is 5.24. The highest BCUT2D eigenvalue weighted by atomic mass is 16.3. The minimum absolute atomic E-state index is 0.907. The Morgan fingerprint density at radius 3 is 2.46 bits per heavy atom. The number of aryl methyl sites for hydroxylation is 3. The van der Waals surface area contributed by atoms with Crippen LogP contribution in [-0.4, -0.2) is 4.98 Å². The highest BCUT2D eigenvalue weighted by Gasteiger charge is 2.23. The second kappa shape index (κ2) is 5.40. The van der Waals surface area contributed by atoms with Crippen molar-refractivity contribution in [2.24, 2.45) is 7.05 Å². The van der Waals surface area contributed by atoms with Crippen LogP contribution < -0.4 is 4.57 Å². The third kappa shape index (κ3) is 2.07. The van der Waals surface area contributed by atoms with E-state index in [1.807, 2.05) is 26.2 Å². The van der Waals surface area contributed by atoms with Gasteiger partial charge in [0.05, 0.1) is 13.2 Å². The average molecular weight is 339 g/mol. The lowest BCUT2D eigenvalue weighted by Gasteiger charge is -2.04. The number of rotatable bonds is 1. The number of furan rings is 1. The Kier molecular flexibility index (Phi) is 3.13. The summed E-state index contributed by atoms with van der Waals surface area (Å²) in [7, 11) is 2.03. The van der Waals surface area contributed by atoms with Gasteiger partial charge in [-0.25, -0.2) is 4.57 Å². The van der Waals surface area contributed by atoms with Gasteiger partial charge in [0.2, 0.25) is 0 Å². The fourth-order valence-corrected chi connectivity index (χ4v) is 3.75. The zero-order chi connectivity index (χ0) is 17.8. The second-order valence-electron chi connectivity index (χ2n) is 6.90. The highest BCUT2D eigenvalue weighted by molar-refractivity contribution is 6.17. The Hall–Kier alpha value is -3.20. The van der Waals surface area contributed by atoms with Crippen LogP contribution in [0.1, 0.15) is 11.3 Å². The number of hydrogen-bond acceptors (Lipinski definition) is 2. The van der Waals surface area contributed by atoms with E-state index >= 15 is 0 Å². The van der Waals surface area contributed by atoms with Crippen molar-refractivity contribution in [3.8, 4) is 11.4 Å². The summed E-state index contributed by atoms with van der Waals surface area (Å²) >= 11 is 0. The van der Waals surface area contributed by atoms with E-state index in [4.69, 9.17) is 9.40 Å². The smallest absolute Gasteiger partial charge is 0.334 e. The molecule has 0 amide bonds. The lowest BCUT2D eigenvalue weighted by atomic mass is 10.0. The first-order chi connectivity index (χ1) is 12.6. The molecule has 0 saturated carbocycles. The molecule has 0 aliphatic rings. The summed E-state index contributed by atoms with van der Waals surface area (Å²) in [5, 5.41) is 4.62. The average Bonchev–Trinajstić information content (AvgIpc) is 3.03. The number of aromatic nitrogens is 2. The van der Waals surface area contributed by atoms with Crippen LogP contribution in [0.4, 0.5) is 0 Å². The lowest BCUT2D eigenvalue weighted by molar-refractivity contribution is -0.663. The van der Waals surface area contributed by atoms with E-state index in [0.717, 1.165) is 50.0 Å². The molecule has 0 N–H and O–H groups in total. The molecular formula is C23H19N2O+. The molecule has 3 heteroatoms. The first kappa shape index (κ1) is 15.1. The van der Waals surface area contributed by atoms with Crippen molar-refractivity contribution >= 4 is 32.7 Å². The van der Waals surface area contributed by atoms with Gasteiger partial charge in [0.15, 0.2) is 11.3 Å². The molecule has 0 bridgehead atoms. The zero-order valence-electron chi connectivity index (χ0n) is 15.1. The minimum atomic E-state index is 0.907. The molecule has 0 radical (unpaired) electrons. The third-order valence-corrected chi connectivity index (χ3v) is 5.12. The summed E-state index contributed by atoms with van der Waals surface area (Å²) in [5.74, 6) is 0.927. The van der Waals surface area contributed by atoms with Gasteiger partial charge in [-0.2, -0.15) is 0 Å². The summed E-state index contributed by atoms with van der Waals surface area (Å²) in [6.45, 7) is 4.13. The normalized spacial score (nSPS) is 11.7. The summed E-state index contributed by atoms with van der Waals surface area (Å²) < 4.78 is 8.53. The lowest BCUT2D eigenvalue weighted by Crippen LogP contribution is -2.32. The van der Waals surface area contributed by atoms with Crippen LogP contribution in [0, 0.1) is 13.8 Å². The van der Waals surface area contributed by atoms with Crippen molar-refractivity contribution in [1.82, 2.24) is 4.98 Å². The fraction of sp³-hybridized carbons (Fsp3) is 0.130. The molecule has 0 saturated heterocycles. The molecule has 0 aliphatic heterocycles. The van der Waals surface area contributed by atoms with Crippen molar-refractivity contribution in [2.45, 2.75) is 13.8 Å². The Labute approximate surface area is 151 Å². The van der Waals surface area contributed by atoms with Crippen LogP contribution >= 0.6 is 0 Å². The van der Waals surface area contributed by atoms with Crippen molar-refractivity contribution < 1.29 is 8.98 Å². The number of nitrogens with zero attached hydrogens (tertiary/aromatic N) is 2. The molecule has 26 heavy (non-hydrogen) atoms. The van der Waals surface area contributed by atoms with Crippen molar-refractivity contribution in [1.29, 1.82) is 0 Å². The topological polar surface area (TPSA) is 29.9 Å². The van der Waals surface area contributed by atoms with E-state index in [0.29, 0.717) is 0 Å². The molecule has 0 fully saturated rings. The van der Waals surface area contributed by atoms with Crippen LogP contribution in [-0.2, 0) is 7.05 Å². The molecule has 0 atom stereocenters. The van der Waals surface area contributed by atoms with Crippen LogP contribution in [0.2, 0.25) is 0 Å². The molecule has 0 spiro atoms.